The molecule has 0 saturated heterocycles. The van der Waals surface area contributed by atoms with E-state index in [-0.39, 0.29) is 6.10 Å². The van der Waals surface area contributed by atoms with E-state index >= 15 is 0 Å². The molecule has 0 radical (unpaired) electrons. The van der Waals surface area contributed by atoms with Crippen molar-refractivity contribution in [3.05, 3.63) is 24.3 Å². The Kier molecular flexibility index (Phi) is 4.78. The standard InChI is InChI=1S/C13H18OSSe/c1-15-11-7-3-5-9-13(11)16-12-8-4-2-6-10(12)14/h3,5,7,9-10,12,14H,2,4,6,8H2,1H3/t10-,12-/m0/s1. The fourth-order valence-corrected chi connectivity index (χ4v) is 5.96. The van der Waals surface area contributed by atoms with Crippen LogP contribution in [0.1, 0.15) is 25.7 Å². The van der Waals surface area contributed by atoms with E-state index in [0.717, 1.165) is 6.42 Å². The zero-order valence-corrected chi connectivity index (χ0v) is 12.1. The van der Waals surface area contributed by atoms with Gasteiger partial charge in [0.25, 0.3) is 0 Å². The quantitative estimate of drug-likeness (QED) is 0.683. The number of thioether (sulfide) groups is 1. The molecule has 0 aromatic heterocycles. The molecular weight excluding hydrogens is 283 g/mol. The number of hydrogen-bond acceptors (Lipinski definition) is 2. The van der Waals surface area contributed by atoms with Gasteiger partial charge in [0.2, 0.25) is 0 Å². The van der Waals surface area contributed by atoms with Gasteiger partial charge in [-0.25, -0.2) is 0 Å². The van der Waals surface area contributed by atoms with Gasteiger partial charge in [0.1, 0.15) is 0 Å². The third-order valence-electron chi connectivity index (χ3n) is 3.02. The van der Waals surface area contributed by atoms with Crippen molar-refractivity contribution < 1.29 is 5.11 Å². The summed E-state index contributed by atoms with van der Waals surface area (Å²) in [6, 6.07) is 8.64. The second kappa shape index (κ2) is 6.11. The van der Waals surface area contributed by atoms with E-state index in [4.69, 9.17) is 0 Å². The van der Waals surface area contributed by atoms with Gasteiger partial charge in [-0.3, -0.25) is 0 Å². The van der Waals surface area contributed by atoms with Crippen molar-refractivity contribution in [3.8, 4) is 0 Å². The molecule has 1 aromatic carbocycles. The Morgan fingerprint density at radius 2 is 2.00 bits per heavy atom. The SMILES string of the molecule is CSc1ccccc1[Se][C@H]1CCCC[C@@H]1O. The van der Waals surface area contributed by atoms with E-state index in [1.165, 1.54) is 28.6 Å². The molecule has 2 atom stereocenters. The van der Waals surface area contributed by atoms with Crippen molar-refractivity contribution in [1.82, 2.24) is 0 Å². The molecule has 0 bridgehead atoms. The molecule has 2 rings (SSSR count). The monoisotopic (exact) mass is 302 g/mol. The Labute approximate surface area is 108 Å². The van der Waals surface area contributed by atoms with Crippen LogP contribution >= 0.6 is 11.8 Å². The second-order valence-electron chi connectivity index (χ2n) is 4.16. The maximum absolute atomic E-state index is 10.0. The summed E-state index contributed by atoms with van der Waals surface area (Å²) in [6.45, 7) is 0. The van der Waals surface area contributed by atoms with Crippen LogP contribution in [0.4, 0.5) is 0 Å². The number of benzene rings is 1. The van der Waals surface area contributed by atoms with E-state index in [1.54, 1.807) is 0 Å². The van der Waals surface area contributed by atoms with Gasteiger partial charge in [0.05, 0.1) is 0 Å². The normalized spacial score (nSPS) is 25.6. The third kappa shape index (κ3) is 3.04. The van der Waals surface area contributed by atoms with Gasteiger partial charge in [0, 0.05) is 0 Å². The zero-order chi connectivity index (χ0) is 11.4. The molecule has 0 unspecified atom stereocenters. The molecule has 0 spiro atoms. The predicted molar refractivity (Wildman–Crippen MR) is 71.8 cm³/mol. The Bertz CT molecular complexity index is 342. The van der Waals surface area contributed by atoms with Crippen LogP contribution < -0.4 is 4.46 Å². The summed E-state index contributed by atoms with van der Waals surface area (Å²) < 4.78 is 1.47. The molecule has 1 N–H and O–H groups in total. The van der Waals surface area contributed by atoms with Crippen molar-refractivity contribution in [2.24, 2.45) is 0 Å². The van der Waals surface area contributed by atoms with Crippen molar-refractivity contribution in [2.45, 2.75) is 41.5 Å². The van der Waals surface area contributed by atoms with E-state index in [0.29, 0.717) is 19.8 Å². The van der Waals surface area contributed by atoms with Crippen LogP contribution in [0.2, 0.25) is 4.82 Å². The van der Waals surface area contributed by atoms with E-state index in [2.05, 4.69) is 30.5 Å². The summed E-state index contributed by atoms with van der Waals surface area (Å²) in [7, 11) is 0. The van der Waals surface area contributed by atoms with Crippen molar-refractivity contribution in [1.29, 1.82) is 0 Å². The van der Waals surface area contributed by atoms with Crippen LogP contribution in [0.25, 0.3) is 0 Å². The van der Waals surface area contributed by atoms with E-state index < -0.39 is 0 Å². The van der Waals surface area contributed by atoms with Crippen LogP contribution in [-0.2, 0) is 0 Å². The first-order valence-electron chi connectivity index (χ1n) is 5.79. The number of hydrogen-bond donors (Lipinski definition) is 1. The Hall–Kier alpha value is 0.0495. The van der Waals surface area contributed by atoms with Crippen LogP contribution in [0.15, 0.2) is 29.2 Å². The maximum atomic E-state index is 10.0. The average molecular weight is 301 g/mol. The van der Waals surface area contributed by atoms with Crippen LogP contribution in [0.5, 0.6) is 0 Å². The second-order valence-corrected chi connectivity index (χ2v) is 7.69. The van der Waals surface area contributed by atoms with Gasteiger partial charge in [-0.05, 0) is 0 Å². The fraction of sp³-hybridized carbons (Fsp3) is 0.538. The topological polar surface area (TPSA) is 20.2 Å². The van der Waals surface area contributed by atoms with Gasteiger partial charge in [-0.1, -0.05) is 0 Å². The van der Waals surface area contributed by atoms with E-state index in [1.807, 2.05) is 11.8 Å². The molecule has 0 heterocycles. The van der Waals surface area contributed by atoms with Gasteiger partial charge in [-0.2, -0.15) is 0 Å². The molecule has 1 nitrogen and oxygen atoms in total. The van der Waals surface area contributed by atoms with Gasteiger partial charge < -0.3 is 0 Å². The number of aliphatic hydroxyl groups is 1. The summed E-state index contributed by atoms with van der Waals surface area (Å²) >= 11 is 2.25. The minimum atomic E-state index is -0.0522. The zero-order valence-electron chi connectivity index (χ0n) is 9.56. The first-order valence-corrected chi connectivity index (χ1v) is 8.86. The number of rotatable bonds is 3. The fourth-order valence-electron chi connectivity index (χ4n) is 2.09. The summed E-state index contributed by atoms with van der Waals surface area (Å²) in [6.07, 6.45) is 6.80. The molecule has 0 amide bonds. The number of aliphatic hydroxyl groups excluding tert-OH is 1. The van der Waals surface area contributed by atoms with Crippen molar-refractivity contribution in [3.63, 3.8) is 0 Å². The van der Waals surface area contributed by atoms with Gasteiger partial charge in [0.15, 0.2) is 0 Å². The summed E-state index contributed by atoms with van der Waals surface area (Å²) in [4.78, 5) is 1.93. The summed E-state index contributed by atoms with van der Waals surface area (Å²) in [5, 5.41) is 10.0. The Morgan fingerprint density at radius 3 is 2.75 bits per heavy atom. The summed E-state index contributed by atoms with van der Waals surface area (Å²) in [5.74, 6) is 0. The van der Waals surface area contributed by atoms with Crippen LogP contribution in [-0.4, -0.2) is 32.4 Å². The molecule has 16 heavy (non-hydrogen) atoms. The van der Waals surface area contributed by atoms with Crippen LogP contribution in [0.3, 0.4) is 0 Å². The Balaban J connectivity index is 2.07. The molecule has 3 heteroatoms. The molecule has 0 aliphatic heterocycles. The van der Waals surface area contributed by atoms with Gasteiger partial charge in [-0.15, -0.1) is 0 Å². The van der Waals surface area contributed by atoms with Crippen molar-refractivity contribution in [2.75, 3.05) is 6.26 Å². The molecule has 1 aliphatic rings. The summed E-state index contributed by atoms with van der Waals surface area (Å²) in [5.41, 5.74) is 0. The first-order chi connectivity index (χ1) is 7.81. The molecule has 1 fully saturated rings. The predicted octanol–water partition coefficient (Wildman–Crippen LogP) is 2.46. The molecule has 88 valence electrons. The Morgan fingerprint density at radius 1 is 1.25 bits per heavy atom. The van der Waals surface area contributed by atoms with Gasteiger partial charge >= 0.3 is 108 Å². The molecule has 1 aliphatic carbocycles. The van der Waals surface area contributed by atoms with Crippen molar-refractivity contribution >= 4 is 31.2 Å². The molecular formula is C13H18OSSe. The van der Waals surface area contributed by atoms with Crippen LogP contribution in [0, 0.1) is 0 Å². The first kappa shape index (κ1) is 12.5. The molecule has 1 saturated carbocycles. The average Bonchev–Trinajstić information content (AvgIpc) is 2.33. The third-order valence-corrected chi connectivity index (χ3v) is 7.17. The minimum absolute atomic E-state index is 0.0522. The van der Waals surface area contributed by atoms with E-state index in [9.17, 15) is 5.11 Å². The molecule has 1 aromatic rings.